The normalized spacial score (nSPS) is 13.8. The van der Waals surface area contributed by atoms with Crippen LogP contribution in [-0.2, 0) is 36.8 Å². The number of phenols is 1. The van der Waals surface area contributed by atoms with Crippen LogP contribution >= 0.6 is 11.8 Å². The molecule has 230 valence electrons. The van der Waals surface area contributed by atoms with E-state index in [0.29, 0.717) is 23.3 Å². The number of carbonyl (C=O) groups is 5. The van der Waals surface area contributed by atoms with Gasteiger partial charge < -0.3 is 42.0 Å². The third-order valence-electron chi connectivity index (χ3n) is 6.70. The summed E-state index contributed by atoms with van der Waals surface area (Å²) in [5.74, 6) is -4.58. The number of phenolic OH excluding ortho intramolecular Hbond substituents is 1. The third-order valence-corrected chi connectivity index (χ3v) is 7.35. The van der Waals surface area contributed by atoms with Crippen molar-refractivity contribution in [2.24, 2.45) is 5.73 Å². The molecular weight excluding hydrogens is 578 g/mol. The molecule has 9 N–H and O–H groups in total. The lowest BCUT2D eigenvalue weighted by Gasteiger charge is -2.25. The monoisotopic (exact) mass is 613 g/mol. The lowest BCUT2D eigenvalue weighted by molar-refractivity contribution is -0.147. The molecule has 4 atom stereocenters. The summed E-state index contributed by atoms with van der Waals surface area (Å²) in [7, 11) is 0. The Morgan fingerprint density at radius 1 is 0.860 bits per heavy atom. The Bertz CT molecular complexity index is 1440. The van der Waals surface area contributed by atoms with Crippen molar-refractivity contribution in [3.05, 3.63) is 65.9 Å². The van der Waals surface area contributed by atoms with Crippen molar-refractivity contribution in [1.29, 1.82) is 0 Å². The average molecular weight is 614 g/mol. The number of thioether (sulfide) groups is 1. The standard InChI is InChI=1S/C29H35N5O8S/c1-43-11-10-20(30)26(38)32-22(12-16-6-8-18(35)9-7-16)27(39)33-23(28(40)34-24(29(41)42)14-25(36)37)13-17-15-31-21-5-3-2-4-19(17)21/h2-9,15,20,22-24,31,35H,10-14,30H2,1H3,(H,32,38)(H,33,39)(H,34,40)(H,36,37)(H,41,42). The van der Waals surface area contributed by atoms with Crippen LogP contribution in [0.5, 0.6) is 5.75 Å². The molecule has 1 heterocycles. The number of aliphatic carboxylic acids is 2. The highest BCUT2D eigenvalue weighted by Gasteiger charge is 2.32. The fourth-order valence-electron chi connectivity index (χ4n) is 4.38. The molecule has 0 radical (unpaired) electrons. The minimum absolute atomic E-state index is 0.00864. The summed E-state index contributed by atoms with van der Waals surface area (Å²) < 4.78 is 0. The lowest BCUT2D eigenvalue weighted by Crippen LogP contribution is -2.58. The molecule has 0 saturated carbocycles. The van der Waals surface area contributed by atoms with Gasteiger partial charge in [0.1, 0.15) is 23.9 Å². The minimum Gasteiger partial charge on any atom is -0.508 e. The van der Waals surface area contributed by atoms with Crippen LogP contribution in [0, 0.1) is 0 Å². The van der Waals surface area contributed by atoms with Gasteiger partial charge in [-0.3, -0.25) is 19.2 Å². The number of H-pyrrole nitrogens is 1. The van der Waals surface area contributed by atoms with Crippen LogP contribution in [0.15, 0.2) is 54.7 Å². The smallest absolute Gasteiger partial charge is 0.326 e. The number of amides is 3. The van der Waals surface area contributed by atoms with Crippen molar-refractivity contribution in [2.45, 2.75) is 49.9 Å². The number of benzene rings is 2. The van der Waals surface area contributed by atoms with Gasteiger partial charge in [0.15, 0.2) is 0 Å². The number of carboxylic acids is 2. The van der Waals surface area contributed by atoms with E-state index in [1.165, 1.54) is 23.9 Å². The second-order valence-corrected chi connectivity index (χ2v) is 10.9. The Kier molecular flexibility index (Phi) is 12.0. The molecule has 1 aromatic heterocycles. The van der Waals surface area contributed by atoms with Gasteiger partial charge in [-0.25, -0.2) is 4.79 Å². The van der Waals surface area contributed by atoms with E-state index in [1.807, 2.05) is 24.5 Å². The Hall–Kier alpha value is -4.56. The Morgan fingerprint density at radius 3 is 2.09 bits per heavy atom. The number of nitrogens with two attached hydrogens (primary N) is 1. The van der Waals surface area contributed by atoms with Crippen molar-refractivity contribution in [3.63, 3.8) is 0 Å². The first-order chi connectivity index (χ1) is 20.5. The molecule has 0 bridgehead atoms. The first kappa shape index (κ1) is 32.9. The van der Waals surface area contributed by atoms with Gasteiger partial charge in [-0.05, 0) is 47.8 Å². The second-order valence-electron chi connectivity index (χ2n) is 9.94. The predicted molar refractivity (Wildman–Crippen MR) is 160 cm³/mol. The zero-order chi connectivity index (χ0) is 31.5. The highest BCUT2D eigenvalue weighted by atomic mass is 32.2. The van der Waals surface area contributed by atoms with Crippen molar-refractivity contribution >= 4 is 52.3 Å². The summed E-state index contributed by atoms with van der Waals surface area (Å²) in [6.07, 6.45) is 2.94. The summed E-state index contributed by atoms with van der Waals surface area (Å²) in [5, 5.41) is 36.5. The number of hydrogen-bond donors (Lipinski definition) is 8. The largest absolute Gasteiger partial charge is 0.508 e. The van der Waals surface area contributed by atoms with Gasteiger partial charge >= 0.3 is 11.9 Å². The fourth-order valence-corrected chi connectivity index (χ4v) is 4.87. The molecule has 0 fully saturated rings. The van der Waals surface area contributed by atoms with Gasteiger partial charge in [0.05, 0.1) is 12.5 Å². The van der Waals surface area contributed by atoms with Gasteiger partial charge in [-0.15, -0.1) is 0 Å². The van der Waals surface area contributed by atoms with Crippen molar-refractivity contribution in [3.8, 4) is 5.75 Å². The van der Waals surface area contributed by atoms with Crippen LogP contribution in [0.3, 0.4) is 0 Å². The van der Waals surface area contributed by atoms with E-state index in [2.05, 4.69) is 20.9 Å². The topological polar surface area (TPSA) is 224 Å². The van der Waals surface area contributed by atoms with E-state index in [4.69, 9.17) is 10.8 Å². The van der Waals surface area contributed by atoms with E-state index in [-0.39, 0.29) is 18.6 Å². The predicted octanol–water partition coefficient (Wildman–Crippen LogP) is 0.753. The highest BCUT2D eigenvalue weighted by molar-refractivity contribution is 7.98. The molecule has 13 nitrogen and oxygen atoms in total. The van der Waals surface area contributed by atoms with E-state index >= 15 is 0 Å². The Morgan fingerprint density at radius 2 is 1.47 bits per heavy atom. The van der Waals surface area contributed by atoms with Gasteiger partial charge in [-0.2, -0.15) is 11.8 Å². The molecule has 0 aliphatic carbocycles. The number of aromatic hydroxyl groups is 1. The molecule has 3 amide bonds. The number of carboxylic acid groups (broad SMARTS) is 2. The minimum atomic E-state index is -1.74. The fraction of sp³-hybridized carbons (Fsp3) is 0.345. The molecule has 3 aromatic rings. The van der Waals surface area contributed by atoms with Gasteiger partial charge in [-0.1, -0.05) is 30.3 Å². The number of fused-ring (bicyclic) bond motifs is 1. The number of aromatic amines is 1. The average Bonchev–Trinajstić information content (AvgIpc) is 3.38. The number of carbonyl (C=O) groups excluding carboxylic acids is 3. The number of hydrogen-bond acceptors (Lipinski definition) is 8. The summed E-state index contributed by atoms with van der Waals surface area (Å²) in [5.41, 5.74) is 8.03. The maximum Gasteiger partial charge on any atom is 0.326 e. The quantitative estimate of drug-likeness (QED) is 0.113. The van der Waals surface area contributed by atoms with E-state index in [1.54, 1.807) is 24.4 Å². The van der Waals surface area contributed by atoms with Crippen molar-refractivity contribution < 1.29 is 39.3 Å². The van der Waals surface area contributed by atoms with Crippen LogP contribution in [0.25, 0.3) is 10.9 Å². The Labute approximate surface area is 251 Å². The SMILES string of the molecule is CSCCC(N)C(=O)NC(Cc1ccc(O)cc1)C(=O)NC(Cc1c[nH]c2ccccc12)C(=O)NC(CC(=O)O)C(=O)O. The first-order valence-corrected chi connectivity index (χ1v) is 14.8. The highest BCUT2D eigenvalue weighted by Crippen LogP contribution is 2.20. The molecule has 0 spiro atoms. The summed E-state index contributed by atoms with van der Waals surface area (Å²) in [6.45, 7) is 0. The molecule has 0 aliphatic heterocycles. The molecule has 0 saturated heterocycles. The van der Waals surface area contributed by atoms with Crippen molar-refractivity contribution in [2.75, 3.05) is 12.0 Å². The molecule has 4 unspecified atom stereocenters. The zero-order valence-corrected chi connectivity index (χ0v) is 24.2. The number of rotatable bonds is 16. The van der Waals surface area contributed by atoms with E-state index < -0.39 is 60.2 Å². The lowest BCUT2D eigenvalue weighted by atomic mass is 10.0. The maximum atomic E-state index is 13.7. The molecule has 0 aliphatic rings. The van der Waals surface area contributed by atoms with E-state index in [0.717, 1.165) is 10.9 Å². The van der Waals surface area contributed by atoms with Gasteiger partial charge in [0.2, 0.25) is 17.7 Å². The number of aromatic nitrogens is 1. The van der Waals surface area contributed by atoms with Crippen LogP contribution < -0.4 is 21.7 Å². The molecule has 2 aromatic carbocycles. The van der Waals surface area contributed by atoms with Gasteiger partial charge in [0, 0.05) is 29.9 Å². The first-order valence-electron chi connectivity index (χ1n) is 13.4. The molecule has 14 heteroatoms. The van der Waals surface area contributed by atoms with Crippen molar-refractivity contribution in [1.82, 2.24) is 20.9 Å². The summed E-state index contributed by atoms with van der Waals surface area (Å²) >= 11 is 1.51. The summed E-state index contributed by atoms with van der Waals surface area (Å²) in [6, 6.07) is 8.10. The van der Waals surface area contributed by atoms with E-state index in [9.17, 15) is 34.2 Å². The number of para-hydroxylation sites is 1. The van der Waals surface area contributed by atoms with Crippen LogP contribution in [0.2, 0.25) is 0 Å². The maximum absolute atomic E-state index is 13.7. The zero-order valence-electron chi connectivity index (χ0n) is 23.4. The third kappa shape index (κ3) is 9.75. The second kappa shape index (κ2) is 15.6. The molecule has 43 heavy (non-hydrogen) atoms. The van der Waals surface area contributed by atoms with Crippen LogP contribution in [0.1, 0.15) is 24.0 Å². The van der Waals surface area contributed by atoms with Crippen LogP contribution in [-0.4, -0.2) is 86.1 Å². The Balaban J connectivity index is 1.90. The van der Waals surface area contributed by atoms with Crippen LogP contribution in [0.4, 0.5) is 0 Å². The number of nitrogens with one attached hydrogen (secondary N) is 4. The molecular formula is C29H35N5O8S. The van der Waals surface area contributed by atoms with Gasteiger partial charge in [0.25, 0.3) is 0 Å². The molecule has 3 rings (SSSR count). The summed E-state index contributed by atoms with van der Waals surface area (Å²) in [4.78, 5) is 65.9.